The summed E-state index contributed by atoms with van der Waals surface area (Å²) in [4.78, 5) is 1.36. The molecule has 3 rings (SSSR count). The van der Waals surface area contributed by atoms with Crippen LogP contribution in [0.4, 0.5) is 0 Å². The van der Waals surface area contributed by atoms with Crippen LogP contribution in [0.5, 0.6) is 0 Å². The Hall–Kier alpha value is -1.56. The molecule has 0 aliphatic carbocycles. The maximum Gasteiger partial charge on any atom is 0.192 e. The molecule has 0 saturated heterocycles. The fourth-order valence-corrected chi connectivity index (χ4v) is 4.57. The Morgan fingerprint density at radius 1 is 1.32 bits per heavy atom. The first-order valence-corrected chi connectivity index (χ1v) is 10.3. The minimum Gasteiger partial charge on any atom is -0.298 e. The number of aromatic nitrogens is 3. The maximum absolute atomic E-state index is 6.25. The van der Waals surface area contributed by atoms with Gasteiger partial charge in [-0.3, -0.25) is 4.57 Å². The molecule has 25 heavy (non-hydrogen) atoms. The zero-order valence-electron chi connectivity index (χ0n) is 14.3. The number of benzene rings is 1. The predicted octanol–water partition coefficient (Wildman–Crippen LogP) is 6.26. The lowest BCUT2D eigenvalue weighted by Crippen LogP contribution is -2.00. The van der Waals surface area contributed by atoms with Crippen molar-refractivity contribution in [2.75, 3.05) is 0 Å². The van der Waals surface area contributed by atoms with E-state index in [0.717, 1.165) is 32.9 Å². The molecule has 0 fully saturated rings. The zero-order chi connectivity index (χ0) is 17.8. The van der Waals surface area contributed by atoms with E-state index in [-0.39, 0.29) is 0 Å². The number of allylic oxidation sites excluding steroid dienone is 1. The van der Waals surface area contributed by atoms with Crippen molar-refractivity contribution < 1.29 is 0 Å². The molecule has 3 aromatic rings. The molecule has 0 N–H and O–H groups in total. The fourth-order valence-electron chi connectivity index (χ4n) is 2.43. The minimum atomic E-state index is 0.517. The fraction of sp³-hybridized carbons (Fsp3) is 0.263. The molecule has 1 aromatic carbocycles. The summed E-state index contributed by atoms with van der Waals surface area (Å²) < 4.78 is 2.11. The standard InChI is InChI=1S/C19H20ClN3S2/c1-4-9-23-18(15-10-17(13(2)3)24-12-15)21-22-19(23)25-11-14-7-5-6-8-16(14)20/h4-8,10,12-13H,1,9,11H2,2-3H3. The van der Waals surface area contributed by atoms with Crippen molar-refractivity contribution >= 4 is 34.7 Å². The molecule has 0 aliphatic rings. The third-order valence-corrected chi connectivity index (χ3v) is 6.41. The van der Waals surface area contributed by atoms with E-state index in [1.165, 1.54) is 4.88 Å². The number of thioether (sulfide) groups is 1. The van der Waals surface area contributed by atoms with Crippen molar-refractivity contribution in [3.05, 3.63) is 63.8 Å². The normalized spacial score (nSPS) is 11.2. The topological polar surface area (TPSA) is 30.7 Å². The van der Waals surface area contributed by atoms with Gasteiger partial charge in [-0.15, -0.1) is 28.1 Å². The predicted molar refractivity (Wildman–Crippen MR) is 109 cm³/mol. The van der Waals surface area contributed by atoms with Gasteiger partial charge in [-0.25, -0.2) is 0 Å². The molecule has 2 heterocycles. The molecule has 0 saturated carbocycles. The molecule has 3 nitrogen and oxygen atoms in total. The lowest BCUT2D eigenvalue weighted by Gasteiger charge is -2.07. The largest absolute Gasteiger partial charge is 0.298 e. The van der Waals surface area contributed by atoms with Gasteiger partial charge >= 0.3 is 0 Å². The lowest BCUT2D eigenvalue weighted by molar-refractivity contribution is 0.731. The summed E-state index contributed by atoms with van der Waals surface area (Å²) in [6, 6.07) is 10.1. The van der Waals surface area contributed by atoms with Gasteiger partial charge in [0.15, 0.2) is 11.0 Å². The Bertz CT molecular complexity index is 867. The van der Waals surface area contributed by atoms with E-state index >= 15 is 0 Å². The Morgan fingerprint density at radius 3 is 2.80 bits per heavy atom. The van der Waals surface area contributed by atoms with Crippen LogP contribution in [0.1, 0.15) is 30.2 Å². The van der Waals surface area contributed by atoms with E-state index in [9.17, 15) is 0 Å². The van der Waals surface area contributed by atoms with E-state index in [2.05, 4.69) is 46.6 Å². The second-order valence-electron chi connectivity index (χ2n) is 5.98. The number of hydrogen-bond donors (Lipinski definition) is 0. The quantitative estimate of drug-likeness (QED) is 0.353. The van der Waals surface area contributed by atoms with Crippen molar-refractivity contribution in [3.63, 3.8) is 0 Å². The van der Waals surface area contributed by atoms with Crippen LogP contribution in [0.15, 0.2) is 53.5 Å². The number of nitrogens with zero attached hydrogens (tertiary/aromatic N) is 3. The van der Waals surface area contributed by atoms with Crippen molar-refractivity contribution in [2.45, 2.75) is 37.2 Å². The molecule has 6 heteroatoms. The molecule has 130 valence electrons. The van der Waals surface area contributed by atoms with Crippen LogP contribution in [-0.4, -0.2) is 14.8 Å². The molecule has 0 atom stereocenters. The maximum atomic E-state index is 6.25. The number of rotatable bonds is 7. The highest BCUT2D eigenvalue weighted by atomic mass is 35.5. The molecule has 0 spiro atoms. The van der Waals surface area contributed by atoms with Crippen molar-refractivity contribution in [1.82, 2.24) is 14.8 Å². The molecule has 0 unspecified atom stereocenters. The van der Waals surface area contributed by atoms with Crippen LogP contribution in [0.3, 0.4) is 0 Å². The van der Waals surface area contributed by atoms with Crippen LogP contribution in [0.25, 0.3) is 11.4 Å². The first kappa shape index (κ1) is 18.2. The van der Waals surface area contributed by atoms with Crippen molar-refractivity contribution in [2.24, 2.45) is 0 Å². The van der Waals surface area contributed by atoms with Gasteiger partial charge < -0.3 is 0 Å². The first-order chi connectivity index (χ1) is 12.1. The summed E-state index contributed by atoms with van der Waals surface area (Å²) in [5.74, 6) is 2.17. The molecular formula is C19H20ClN3S2. The van der Waals surface area contributed by atoms with Crippen LogP contribution in [0, 0.1) is 0 Å². The third kappa shape index (κ3) is 4.17. The third-order valence-electron chi connectivity index (χ3n) is 3.79. The summed E-state index contributed by atoms with van der Waals surface area (Å²) in [6.45, 7) is 8.96. The van der Waals surface area contributed by atoms with Gasteiger partial charge in [0.05, 0.1) is 0 Å². The monoisotopic (exact) mass is 389 g/mol. The van der Waals surface area contributed by atoms with Gasteiger partial charge in [-0.1, -0.05) is 61.5 Å². The lowest BCUT2D eigenvalue weighted by atomic mass is 10.1. The van der Waals surface area contributed by atoms with Gasteiger partial charge in [0.1, 0.15) is 0 Å². The zero-order valence-corrected chi connectivity index (χ0v) is 16.7. The van der Waals surface area contributed by atoms with E-state index in [0.29, 0.717) is 12.5 Å². The number of hydrogen-bond acceptors (Lipinski definition) is 4. The van der Waals surface area contributed by atoms with E-state index in [1.807, 2.05) is 30.3 Å². The molecule has 0 bridgehead atoms. The molecule has 0 amide bonds. The summed E-state index contributed by atoms with van der Waals surface area (Å²) >= 11 is 9.67. The van der Waals surface area contributed by atoms with E-state index < -0.39 is 0 Å². The van der Waals surface area contributed by atoms with Crippen LogP contribution in [0.2, 0.25) is 5.02 Å². The van der Waals surface area contributed by atoms with Gasteiger partial charge in [-0.2, -0.15) is 0 Å². The Labute approximate surface area is 161 Å². The smallest absolute Gasteiger partial charge is 0.192 e. The first-order valence-electron chi connectivity index (χ1n) is 8.09. The van der Waals surface area contributed by atoms with Crippen LogP contribution >= 0.6 is 34.7 Å². The second kappa shape index (κ2) is 8.21. The summed E-state index contributed by atoms with van der Waals surface area (Å²) in [5.41, 5.74) is 2.22. The Morgan fingerprint density at radius 2 is 2.12 bits per heavy atom. The summed E-state index contributed by atoms with van der Waals surface area (Å²) in [5, 5.41) is 12.6. The van der Waals surface area contributed by atoms with Gasteiger partial charge in [0.25, 0.3) is 0 Å². The van der Waals surface area contributed by atoms with Crippen molar-refractivity contribution in [1.29, 1.82) is 0 Å². The molecule has 2 aromatic heterocycles. The average Bonchev–Trinajstić information content (AvgIpc) is 3.22. The van der Waals surface area contributed by atoms with Gasteiger partial charge in [-0.05, 0) is 23.6 Å². The minimum absolute atomic E-state index is 0.517. The van der Waals surface area contributed by atoms with E-state index in [4.69, 9.17) is 11.6 Å². The van der Waals surface area contributed by atoms with Gasteiger partial charge in [0, 0.05) is 33.1 Å². The van der Waals surface area contributed by atoms with Crippen molar-refractivity contribution in [3.8, 4) is 11.4 Å². The molecule has 0 aliphatic heterocycles. The SMILES string of the molecule is C=CCn1c(SCc2ccccc2Cl)nnc1-c1csc(C(C)C)c1. The second-order valence-corrected chi connectivity index (χ2v) is 8.27. The molecular weight excluding hydrogens is 370 g/mol. The average molecular weight is 390 g/mol. The van der Waals surface area contributed by atoms with Crippen LogP contribution < -0.4 is 0 Å². The van der Waals surface area contributed by atoms with Crippen LogP contribution in [-0.2, 0) is 12.3 Å². The Balaban J connectivity index is 1.86. The highest BCUT2D eigenvalue weighted by molar-refractivity contribution is 7.98. The Kier molecular flexibility index (Phi) is 5.99. The highest BCUT2D eigenvalue weighted by Crippen LogP contribution is 2.32. The summed E-state index contributed by atoms with van der Waals surface area (Å²) in [7, 11) is 0. The van der Waals surface area contributed by atoms with E-state index in [1.54, 1.807) is 23.1 Å². The number of thiophene rings is 1. The number of halogens is 1. The molecule has 0 radical (unpaired) electrons. The summed E-state index contributed by atoms with van der Waals surface area (Å²) in [6.07, 6.45) is 1.88. The van der Waals surface area contributed by atoms with Gasteiger partial charge in [0.2, 0.25) is 0 Å². The highest BCUT2D eigenvalue weighted by Gasteiger charge is 2.16.